The van der Waals surface area contributed by atoms with E-state index in [1.54, 1.807) is 20.1 Å². The monoisotopic (exact) mass is 513 g/mol. The predicted octanol–water partition coefficient (Wildman–Crippen LogP) is 6.78. The van der Waals surface area contributed by atoms with Crippen LogP contribution < -0.4 is 14.4 Å². The third-order valence-electron chi connectivity index (χ3n) is 6.59. The molecule has 0 spiro atoms. The first kappa shape index (κ1) is 27.8. The molecule has 36 heavy (non-hydrogen) atoms. The summed E-state index contributed by atoms with van der Waals surface area (Å²) in [5.41, 5.74) is 1.87. The van der Waals surface area contributed by atoms with Crippen molar-refractivity contribution in [2.24, 2.45) is 5.41 Å². The number of carbonyl (C=O) groups excluding carboxylic acids is 1. The van der Waals surface area contributed by atoms with Crippen LogP contribution in [0.3, 0.4) is 0 Å². The molecule has 1 aliphatic heterocycles. The van der Waals surface area contributed by atoms with Crippen molar-refractivity contribution in [3.63, 3.8) is 0 Å². The number of hydrogen-bond donors (Lipinski definition) is 0. The first-order valence-electron chi connectivity index (χ1n) is 12.9. The summed E-state index contributed by atoms with van der Waals surface area (Å²) in [6.07, 6.45) is 9.01. The van der Waals surface area contributed by atoms with Crippen LogP contribution in [-0.2, 0) is 20.3 Å². The van der Waals surface area contributed by atoms with Crippen molar-refractivity contribution in [1.29, 1.82) is 0 Å². The highest BCUT2D eigenvalue weighted by Crippen LogP contribution is 2.47. The first-order valence-corrected chi connectivity index (χ1v) is 14.2. The van der Waals surface area contributed by atoms with Crippen LogP contribution in [0.1, 0.15) is 59.3 Å². The van der Waals surface area contributed by atoms with Crippen LogP contribution in [0.2, 0.25) is 0 Å². The number of carbonyl (C=O) groups is 1. The number of methoxy groups -OCH3 is 1. The second kappa shape index (κ2) is 13.5. The Bertz CT molecular complexity index is 1050. The molecular formula is C29H39NO5S. The predicted molar refractivity (Wildman–Crippen MR) is 146 cm³/mol. The maximum atomic E-state index is 13.9. The van der Waals surface area contributed by atoms with E-state index in [4.69, 9.17) is 14.2 Å². The molecule has 6 nitrogen and oxygen atoms in total. The highest BCUT2D eigenvalue weighted by atomic mass is 32.2. The van der Waals surface area contributed by atoms with Crippen molar-refractivity contribution in [1.82, 2.24) is 0 Å². The summed E-state index contributed by atoms with van der Waals surface area (Å²) in [6, 6.07) is 14.0. The molecule has 1 atom stereocenters. The molecule has 3 rings (SSSR count). The smallest absolute Gasteiger partial charge is 0.333 e. The van der Waals surface area contributed by atoms with Crippen LogP contribution in [0.15, 0.2) is 59.7 Å². The van der Waals surface area contributed by atoms with Crippen molar-refractivity contribution >= 4 is 28.1 Å². The van der Waals surface area contributed by atoms with Gasteiger partial charge in [-0.25, -0.2) is 4.79 Å². The van der Waals surface area contributed by atoms with Crippen LogP contribution in [0.5, 0.6) is 11.5 Å². The number of unbranched alkanes of at least 4 members (excludes halogenated alkanes) is 2. The van der Waals surface area contributed by atoms with Crippen LogP contribution in [-0.4, -0.2) is 36.2 Å². The largest absolute Gasteiger partial charge is 0.493 e. The summed E-state index contributed by atoms with van der Waals surface area (Å²) in [5.74, 6) is 1.04. The third kappa shape index (κ3) is 6.90. The minimum atomic E-state index is -1.23. The Morgan fingerprint density at radius 3 is 2.36 bits per heavy atom. The van der Waals surface area contributed by atoms with E-state index in [1.165, 1.54) is 12.3 Å². The maximum absolute atomic E-state index is 13.9. The zero-order valence-electron chi connectivity index (χ0n) is 22.0. The molecule has 0 amide bonds. The van der Waals surface area contributed by atoms with Crippen molar-refractivity contribution in [3.8, 4) is 11.5 Å². The molecule has 0 radical (unpaired) electrons. The lowest BCUT2D eigenvalue weighted by Gasteiger charge is -2.37. The van der Waals surface area contributed by atoms with Gasteiger partial charge in [0, 0.05) is 35.5 Å². The number of fused-ring (bicyclic) bond motifs is 1. The lowest BCUT2D eigenvalue weighted by atomic mass is 9.79. The van der Waals surface area contributed by atoms with Gasteiger partial charge < -0.3 is 19.1 Å². The molecule has 0 saturated carbocycles. The zero-order chi connectivity index (χ0) is 26.0. The minimum Gasteiger partial charge on any atom is -0.493 e. The topological polar surface area (TPSA) is 65.1 Å². The van der Waals surface area contributed by atoms with Gasteiger partial charge in [0.2, 0.25) is 0 Å². The van der Waals surface area contributed by atoms with E-state index in [0.717, 1.165) is 56.4 Å². The number of anilines is 2. The third-order valence-corrected chi connectivity index (χ3v) is 8.28. The van der Waals surface area contributed by atoms with Crippen LogP contribution in [0.25, 0.3) is 0 Å². The Morgan fingerprint density at radius 1 is 1.06 bits per heavy atom. The molecule has 0 aromatic heterocycles. The molecule has 2 aromatic carbocycles. The van der Waals surface area contributed by atoms with Crippen molar-refractivity contribution in [2.75, 3.05) is 30.9 Å². The molecule has 0 aliphatic carbocycles. The molecule has 0 bridgehead atoms. The molecule has 0 N–H and O–H groups in total. The molecule has 1 unspecified atom stereocenters. The van der Waals surface area contributed by atoms with Gasteiger partial charge in [0.25, 0.3) is 0 Å². The van der Waals surface area contributed by atoms with Crippen LogP contribution in [0, 0.1) is 5.41 Å². The normalized spacial score (nSPS) is 16.9. The Kier molecular flexibility index (Phi) is 10.4. The zero-order valence-corrected chi connectivity index (χ0v) is 22.8. The van der Waals surface area contributed by atoms with Gasteiger partial charge in [-0.3, -0.25) is 4.21 Å². The van der Waals surface area contributed by atoms with Gasteiger partial charge in [0.05, 0.1) is 47.4 Å². The average Bonchev–Trinajstić information content (AvgIpc) is 3.01. The van der Waals surface area contributed by atoms with Crippen molar-refractivity contribution < 1.29 is 23.2 Å². The lowest BCUT2D eigenvalue weighted by molar-refractivity contribution is -0.137. The minimum absolute atomic E-state index is 0.0657. The summed E-state index contributed by atoms with van der Waals surface area (Å²) < 4.78 is 30.3. The number of hydrogen-bond acceptors (Lipinski definition) is 6. The first-order chi connectivity index (χ1) is 17.5. The van der Waals surface area contributed by atoms with Gasteiger partial charge in [-0.15, -0.1) is 0 Å². The van der Waals surface area contributed by atoms with E-state index >= 15 is 0 Å². The fourth-order valence-corrected chi connectivity index (χ4v) is 6.45. The number of rotatable bonds is 12. The summed E-state index contributed by atoms with van der Waals surface area (Å²) >= 11 is 0. The second-order valence-corrected chi connectivity index (χ2v) is 10.7. The Morgan fingerprint density at radius 2 is 1.75 bits per heavy atom. The van der Waals surface area contributed by atoms with Gasteiger partial charge in [-0.1, -0.05) is 57.7 Å². The highest BCUT2D eigenvalue weighted by Gasteiger charge is 2.39. The van der Waals surface area contributed by atoms with Gasteiger partial charge in [-0.05, 0) is 31.9 Å². The molecule has 0 fully saturated rings. The summed E-state index contributed by atoms with van der Waals surface area (Å²) in [6.45, 7) is 7.25. The average molecular weight is 514 g/mol. The van der Waals surface area contributed by atoms with E-state index in [2.05, 4.69) is 30.9 Å². The molecule has 196 valence electrons. The van der Waals surface area contributed by atoms with Crippen molar-refractivity contribution in [3.05, 3.63) is 54.8 Å². The Labute approximate surface area is 218 Å². The molecule has 1 aliphatic rings. The molecular weight excluding hydrogens is 474 g/mol. The number of para-hydroxylation sites is 1. The highest BCUT2D eigenvalue weighted by molar-refractivity contribution is 7.85. The second-order valence-electron chi connectivity index (χ2n) is 9.26. The fourth-order valence-electron chi connectivity index (χ4n) is 4.72. The van der Waals surface area contributed by atoms with Gasteiger partial charge in [0.15, 0.2) is 11.5 Å². The quantitative estimate of drug-likeness (QED) is 0.177. The maximum Gasteiger partial charge on any atom is 0.333 e. The SMILES string of the molecule is CCCCC1(CCCC)CN(c2ccccc2)c2cc(OC)c(O/C=C\C(=O)OCC)cc2S(=O)C1. The Hall–Kier alpha value is -2.80. The summed E-state index contributed by atoms with van der Waals surface area (Å²) in [7, 11) is 0.346. The van der Waals surface area contributed by atoms with Gasteiger partial charge in [-0.2, -0.15) is 0 Å². The molecule has 0 saturated heterocycles. The number of esters is 1. The van der Waals surface area contributed by atoms with E-state index in [1.807, 2.05) is 24.3 Å². The Balaban J connectivity index is 2.09. The van der Waals surface area contributed by atoms with Crippen LogP contribution >= 0.6 is 0 Å². The lowest BCUT2D eigenvalue weighted by Crippen LogP contribution is -2.37. The van der Waals surface area contributed by atoms with E-state index < -0.39 is 16.8 Å². The summed E-state index contributed by atoms with van der Waals surface area (Å²) in [5, 5.41) is 0. The fraction of sp³-hybridized carbons (Fsp3) is 0.483. The van der Waals surface area contributed by atoms with Crippen LogP contribution in [0.4, 0.5) is 11.4 Å². The molecule has 1 heterocycles. The standard InChI is InChI=1S/C29H39NO5S/c1-5-8-16-29(17-9-6-2)21-30(23-13-11-10-12-14-23)24-19-25(33-4)26(20-27(24)36(32)22-29)35-18-15-28(31)34-7-3/h10-15,18-20H,5-9,16-17,21-22H2,1-4H3/b18-15-. The van der Waals surface area contributed by atoms with Gasteiger partial charge in [0.1, 0.15) is 0 Å². The molecule has 7 heteroatoms. The van der Waals surface area contributed by atoms with E-state index in [9.17, 15) is 9.00 Å². The number of ether oxygens (including phenoxy) is 3. The van der Waals surface area contributed by atoms with Crippen molar-refractivity contribution in [2.45, 2.75) is 64.2 Å². The number of benzene rings is 2. The number of nitrogens with zero attached hydrogens (tertiary/aromatic N) is 1. The van der Waals surface area contributed by atoms with Gasteiger partial charge >= 0.3 is 5.97 Å². The summed E-state index contributed by atoms with van der Waals surface area (Å²) in [4.78, 5) is 14.7. The van der Waals surface area contributed by atoms with E-state index in [-0.39, 0.29) is 12.0 Å². The van der Waals surface area contributed by atoms with E-state index in [0.29, 0.717) is 22.1 Å². The molecule has 2 aromatic rings.